The van der Waals surface area contributed by atoms with Crippen LogP contribution in [0.25, 0.3) is 0 Å². The molecule has 5 heteroatoms. The van der Waals surface area contributed by atoms with Gasteiger partial charge in [-0.15, -0.1) is 0 Å². The van der Waals surface area contributed by atoms with Gasteiger partial charge < -0.3 is 13.9 Å². The van der Waals surface area contributed by atoms with Crippen LogP contribution in [0.15, 0.2) is 30.3 Å². The van der Waals surface area contributed by atoms with Crippen LogP contribution in [0.5, 0.6) is 0 Å². The molecule has 2 atom stereocenters. The Bertz CT molecular complexity index is 536. The van der Waals surface area contributed by atoms with Gasteiger partial charge in [-0.1, -0.05) is 51.1 Å². The lowest BCUT2D eigenvalue weighted by Gasteiger charge is -2.41. The molecule has 1 aliphatic rings. The maximum Gasteiger partial charge on any atom is 0.308 e. The van der Waals surface area contributed by atoms with Gasteiger partial charge >= 0.3 is 5.97 Å². The van der Waals surface area contributed by atoms with E-state index in [9.17, 15) is 4.79 Å². The zero-order valence-electron chi connectivity index (χ0n) is 15.5. The molecule has 1 aromatic carbocycles. The van der Waals surface area contributed by atoms with Crippen molar-refractivity contribution < 1.29 is 18.7 Å². The molecule has 1 aliphatic heterocycles. The molecule has 0 spiro atoms. The smallest absolute Gasteiger partial charge is 0.308 e. The minimum Gasteiger partial charge on any atom is -0.460 e. The number of carbonyl (C=O) groups is 1. The quantitative estimate of drug-likeness (QED) is 0.567. The molecule has 0 unspecified atom stereocenters. The second-order valence-corrected chi connectivity index (χ2v) is 12.8. The summed E-state index contributed by atoms with van der Waals surface area (Å²) in [5.74, 6) is -0.182. The van der Waals surface area contributed by atoms with E-state index in [0.29, 0.717) is 26.1 Å². The summed E-state index contributed by atoms with van der Waals surface area (Å²) in [4.78, 5) is 11.9. The fourth-order valence-electron chi connectivity index (χ4n) is 2.51. The Kier molecular flexibility index (Phi) is 6.23. The molecular formula is C19H30O4Si. The van der Waals surface area contributed by atoms with E-state index in [1.54, 1.807) is 0 Å². The second-order valence-electron chi connectivity index (χ2n) is 8.05. The SMILES string of the molecule is CC(C)(C)[Si](C)(C)O[C@H]1CC(=O)O[C@H](COCc2ccccc2)C1. The number of esters is 1. The van der Waals surface area contributed by atoms with E-state index < -0.39 is 8.32 Å². The number of rotatable bonds is 6. The van der Waals surface area contributed by atoms with E-state index in [4.69, 9.17) is 13.9 Å². The van der Waals surface area contributed by atoms with Crippen molar-refractivity contribution >= 4 is 14.3 Å². The summed E-state index contributed by atoms with van der Waals surface area (Å²) in [7, 11) is -1.88. The highest BCUT2D eigenvalue weighted by Crippen LogP contribution is 2.38. The minimum absolute atomic E-state index is 0.0579. The summed E-state index contributed by atoms with van der Waals surface area (Å²) in [6.45, 7) is 12.0. The van der Waals surface area contributed by atoms with E-state index >= 15 is 0 Å². The van der Waals surface area contributed by atoms with Crippen molar-refractivity contribution in [1.82, 2.24) is 0 Å². The third kappa shape index (κ3) is 5.43. The molecule has 0 radical (unpaired) electrons. The van der Waals surface area contributed by atoms with Crippen molar-refractivity contribution in [2.24, 2.45) is 0 Å². The van der Waals surface area contributed by atoms with Crippen LogP contribution in [0, 0.1) is 0 Å². The van der Waals surface area contributed by atoms with Crippen molar-refractivity contribution in [1.29, 1.82) is 0 Å². The van der Waals surface area contributed by atoms with Crippen LogP contribution < -0.4 is 0 Å². The first-order valence-electron chi connectivity index (χ1n) is 8.66. The molecule has 1 saturated heterocycles. The third-order valence-electron chi connectivity index (χ3n) is 4.90. The molecule has 24 heavy (non-hydrogen) atoms. The molecule has 0 aromatic heterocycles. The van der Waals surface area contributed by atoms with Crippen molar-refractivity contribution in [2.75, 3.05) is 6.61 Å². The van der Waals surface area contributed by atoms with Gasteiger partial charge in [-0.3, -0.25) is 4.79 Å². The molecule has 134 valence electrons. The zero-order valence-corrected chi connectivity index (χ0v) is 16.5. The second kappa shape index (κ2) is 7.81. The summed E-state index contributed by atoms with van der Waals surface area (Å²) in [5, 5.41) is 0.133. The Labute approximate surface area is 146 Å². The lowest BCUT2D eigenvalue weighted by atomic mass is 10.1. The van der Waals surface area contributed by atoms with Gasteiger partial charge in [0.15, 0.2) is 8.32 Å². The Balaban J connectivity index is 1.85. The van der Waals surface area contributed by atoms with Crippen molar-refractivity contribution in [2.45, 2.75) is 70.6 Å². The number of cyclic esters (lactones) is 1. The number of benzene rings is 1. The topological polar surface area (TPSA) is 44.8 Å². The Morgan fingerprint density at radius 3 is 2.50 bits per heavy atom. The summed E-state index contributed by atoms with van der Waals surface area (Å²) in [6, 6.07) is 10.0. The van der Waals surface area contributed by atoms with Gasteiger partial charge in [0.25, 0.3) is 0 Å². The highest BCUT2D eigenvalue weighted by Gasteiger charge is 2.41. The molecular weight excluding hydrogens is 320 g/mol. The first-order valence-corrected chi connectivity index (χ1v) is 11.6. The van der Waals surface area contributed by atoms with Crippen molar-refractivity contribution in [3.63, 3.8) is 0 Å². The first-order chi connectivity index (χ1) is 11.2. The highest BCUT2D eigenvalue weighted by molar-refractivity contribution is 6.74. The number of ether oxygens (including phenoxy) is 2. The molecule has 0 saturated carbocycles. The van der Waals surface area contributed by atoms with Crippen molar-refractivity contribution in [3.05, 3.63) is 35.9 Å². The lowest BCUT2D eigenvalue weighted by Crippen LogP contribution is -2.47. The van der Waals surface area contributed by atoms with E-state index in [0.717, 1.165) is 5.56 Å². The monoisotopic (exact) mass is 350 g/mol. The van der Waals surface area contributed by atoms with Crippen LogP contribution >= 0.6 is 0 Å². The molecule has 1 heterocycles. The normalized spacial score (nSPS) is 22.3. The van der Waals surface area contributed by atoms with E-state index in [-0.39, 0.29) is 23.2 Å². The van der Waals surface area contributed by atoms with Crippen LogP contribution in [0.1, 0.15) is 39.2 Å². The number of carbonyl (C=O) groups excluding carboxylic acids is 1. The first kappa shape index (κ1) is 19.2. The van der Waals surface area contributed by atoms with Gasteiger partial charge in [-0.05, 0) is 23.7 Å². The largest absolute Gasteiger partial charge is 0.460 e. The standard InChI is InChI=1S/C19H30O4Si/c1-19(2,3)24(4,5)23-16-11-17(22-18(20)12-16)14-21-13-15-9-7-6-8-10-15/h6-10,16-17H,11-14H2,1-5H3/t16-,17+/m1/s1. The van der Waals surface area contributed by atoms with Gasteiger partial charge in [-0.25, -0.2) is 0 Å². The maximum atomic E-state index is 11.9. The maximum absolute atomic E-state index is 11.9. The molecule has 0 bridgehead atoms. The molecule has 0 N–H and O–H groups in total. The van der Waals surface area contributed by atoms with Gasteiger partial charge in [0.1, 0.15) is 6.10 Å². The van der Waals surface area contributed by atoms with Crippen LogP contribution in [-0.4, -0.2) is 33.1 Å². The Morgan fingerprint density at radius 1 is 1.21 bits per heavy atom. The van der Waals surface area contributed by atoms with Gasteiger partial charge in [-0.2, -0.15) is 0 Å². The molecule has 1 aromatic rings. The van der Waals surface area contributed by atoms with Crippen molar-refractivity contribution in [3.8, 4) is 0 Å². The molecule has 1 fully saturated rings. The van der Waals surface area contributed by atoms with Crippen LogP contribution in [0.3, 0.4) is 0 Å². The molecule has 4 nitrogen and oxygen atoms in total. The molecule has 0 amide bonds. The number of hydrogen-bond donors (Lipinski definition) is 0. The summed E-state index contributed by atoms with van der Waals surface area (Å²) < 4.78 is 17.5. The predicted octanol–water partition coefficient (Wildman–Crippen LogP) is 4.30. The third-order valence-corrected chi connectivity index (χ3v) is 9.44. The summed E-state index contributed by atoms with van der Waals surface area (Å²) >= 11 is 0. The average Bonchev–Trinajstić information content (AvgIpc) is 2.46. The molecule has 0 aliphatic carbocycles. The average molecular weight is 351 g/mol. The summed E-state index contributed by atoms with van der Waals surface area (Å²) in [5.41, 5.74) is 1.12. The van der Waals surface area contributed by atoms with E-state index in [1.807, 2.05) is 30.3 Å². The Hall–Kier alpha value is -1.17. The van der Waals surface area contributed by atoms with Crippen LogP contribution in [0.2, 0.25) is 18.1 Å². The highest BCUT2D eigenvalue weighted by atomic mass is 28.4. The fourth-order valence-corrected chi connectivity index (χ4v) is 3.88. The van der Waals surface area contributed by atoms with E-state index in [2.05, 4.69) is 33.9 Å². The fraction of sp³-hybridized carbons (Fsp3) is 0.632. The zero-order chi connectivity index (χ0) is 17.8. The Morgan fingerprint density at radius 2 is 1.88 bits per heavy atom. The number of hydrogen-bond acceptors (Lipinski definition) is 4. The van der Waals surface area contributed by atoms with Crippen LogP contribution in [-0.2, 0) is 25.3 Å². The van der Waals surface area contributed by atoms with Gasteiger partial charge in [0.05, 0.1) is 25.7 Å². The summed E-state index contributed by atoms with van der Waals surface area (Å²) in [6.07, 6.45) is 0.788. The molecule has 2 rings (SSSR count). The van der Waals surface area contributed by atoms with E-state index in [1.165, 1.54) is 0 Å². The lowest BCUT2D eigenvalue weighted by molar-refractivity contribution is -0.163. The predicted molar refractivity (Wildman–Crippen MR) is 97.3 cm³/mol. The van der Waals surface area contributed by atoms with Gasteiger partial charge in [0, 0.05) is 6.42 Å². The minimum atomic E-state index is -1.88. The van der Waals surface area contributed by atoms with Gasteiger partial charge in [0.2, 0.25) is 0 Å². The van der Waals surface area contributed by atoms with Crippen LogP contribution in [0.4, 0.5) is 0 Å².